The first-order valence-corrected chi connectivity index (χ1v) is 12.0. The van der Waals surface area contributed by atoms with E-state index in [1.165, 1.54) is 17.4 Å². The quantitative estimate of drug-likeness (QED) is 0.430. The van der Waals surface area contributed by atoms with Gasteiger partial charge in [-0.15, -0.1) is 11.3 Å². The number of carbonyl (C=O) groups is 2. The number of aryl methyl sites for hydroxylation is 1. The number of anilines is 1. The van der Waals surface area contributed by atoms with E-state index in [0.29, 0.717) is 22.4 Å². The third kappa shape index (κ3) is 6.27. The van der Waals surface area contributed by atoms with E-state index in [9.17, 15) is 9.59 Å². The molecule has 1 aromatic carbocycles. The number of nitrogens with one attached hydrogen (secondary N) is 2. The van der Waals surface area contributed by atoms with Crippen LogP contribution in [0.15, 0.2) is 48.9 Å². The van der Waals surface area contributed by atoms with Crippen molar-refractivity contribution >= 4 is 40.5 Å². The molecule has 174 valence electrons. The molecule has 3 rings (SSSR count). The average molecular weight is 465 g/mol. The Balaban J connectivity index is 1.76. The van der Waals surface area contributed by atoms with Crippen LogP contribution in [0.4, 0.5) is 5.69 Å². The van der Waals surface area contributed by atoms with Crippen LogP contribution in [0, 0.1) is 6.92 Å². The predicted octanol–water partition coefficient (Wildman–Crippen LogP) is 4.91. The topological polar surface area (TPSA) is 74.3 Å². The van der Waals surface area contributed by atoms with Crippen molar-refractivity contribution in [2.75, 3.05) is 19.4 Å². The van der Waals surface area contributed by atoms with Crippen molar-refractivity contribution in [3.63, 3.8) is 0 Å². The van der Waals surface area contributed by atoms with Crippen LogP contribution < -0.4 is 10.6 Å². The van der Waals surface area contributed by atoms with Gasteiger partial charge in [-0.2, -0.15) is 0 Å². The second-order valence-corrected chi connectivity index (χ2v) is 9.37. The summed E-state index contributed by atoms with van der Waals surface area (Å²) in [5.41, 5.74) is 4.00. The van der Waals surface area contributed by atoms with Gasteiger partial charge in [0.2, 0.25) is 5.91 Å². The van der Waals surface area contributed by atoms with E-state index in [-0.39, 0.29) is 17.9 Å². The SMILES string of the molecule is C=CC(=O)Nc1cccc(C)c1/C=C(\C=C)c1csc(C(=O)NC2CCC(N(C)C)CC2)n1. The van der Waals surface area contributed by atoms with E-state index >= 15 is 0 Å². The molecule has 0 saturated heterocycles. The number of hydrogen-bond acceptors (Lipinski definition) is 5. The molecular formula is C26H32N4O2S. The van der Waals surface area contributed by atoms with Gasteiger partial charge >= 0.3 is 0 Å². The number of thiazole rings is 1. The normalized spacial score (nSPS) is 18.6. The maximum atomic E-state index is 12.8. The highest BCUT2D eigenvalue weighted by molar-refractivity contribution is 7.11. The zero-order valence-corrected chi connectivity index (χ0v) is 20.4. The van der Waals surface area contributed by atoms with Crippen LogP contribution >= 0.6 is 11.3 Å². The highest BCUT2D eigenvalue weighted by Gasteiger charge is 2.24. The molecule has 6 nitrogen and oxygen atoms in total. The summed E-state index contributed by atoms with van der Waals surface area (Å²) in [5.74, 6) is -0.402. The second-order valence-electron chi connectivity index (χ2n) is 8.51. The number of amides is 2. The molecule has 7 heteroatoms. The van der Waals surface area contributed by atoms with Crippen LogP contribution in [0.3, 0.4) is 0 Å². The largest absolute Gasteiger partial charge is 0.347 e. The van der Waals surface area contributed by atoms with Crippen LogP contribution in [-0.2, 0) is 4.79 Å². The third-order valence-corrected chi connectivity index (χ3v) is 6.88. The standard InChI is InChI=1S/C26H32N4O2S/c1-6-18(15-21-17(3)9-8-10-22(21)28-24(31)7-2)23-16-33-26(29-23)25(32)27-19-11-13-20(14-12-19)30(4)5/h6-10,15-16,19-20H,1-2,11-14H2,3-5H3,(H,27,32)(H,28,31)/b18-15+. The van der Waals surface area contributed by atoms with E-state index in [1.54, 1.807) is 6.08 Å². The predicted molar refractivity (Wildman–Crippen MR) is 137 cm³/mol. The molecule has 2 aromatic rings. The van der Waals surface area contributed by atoms with E-state index in [4.69, 9.17) is 0 Å². The summed E-state index contributed by atoms with van der Waals surface area (Å²) in [7, 11) is 4.22. The average Bonchev–Trinajstić information content (AvgIpc) is 3.29. The molecule has 1 saturated carbocycles. The molecule has 0 radical (unpaired) electrons. The highest BCUT2D eigenvalue weighted by atomic mass is 32.1. The van der Waals surface area contributed by atoms with Crippen molar-refractivity contribution in [2.24, 2.45) is 0 Å². The van der Waals surface area contributed by atoms with E-state index in [2.05, 4.69) is 47.8 Å². The monoisotopic (exact) mass is 464 g/mol. The van der Waals surface area contributed by atoms with Crippen molar-refractivity contribution in [1.82, 2.24) is 15.2 Å². The van der Waals surface area contributed by atoms with Gasteiger partial charge in [0.25, 0.3) is 5.91 Å². The minimum absolute atomic E-state index is 0.127. The lowest BCUT2D eigenvalue weighted by molar-refractivity contribution is -0.111. The number of benzene rings is 1. The third-order valence-electron chi connectivity index (χ3n) is 6.04. The summed E-state index contributed by atoms with van der Waals surface area (Å²) in [6.07, 6.45) is 9.03. The Kier molecular flexibility index (Phi) is 8.36. The molecule has 0 bridgehead atoms. The van der Waals surface area contributed by atoms with Crippen molar-refractivity contribution in [2.45, 2.75) is 44.7 Å². The van der Waals surface area contributed by atoms with Gasteiger partial charge in [-0.1, -0.05) is 31.4 Å². The lowest BCUT2D eigenvalue weighted by Gasteiger charge is -2.32. The van der Waals surface area contributed by atoms with Crippen LogP contribution in [0.1, 0.15) is 52.3 Å². The number of allylic oxidation sites excluding steroid dienone is 2. The van der Waals surface area contributed by atoms with Crippen molar-refractivity contribution in [1.29, 1.82) is 0 Å². The minimum atomic E-state index is -0.275. The first kappa shape index (κ1) is 24.6. The summed E-state index contributed by atoms with van der Waals surface area (Å²) >= 11 is 1.33. The van der Waals surface area contributed by atoms with E-state index in [1.807, 2.05) is 36.6 Å². The molecule has 1 aromatic heterocycles. The zero-order valence-electron chi connectivity index (χ0n) is 19.6. The Labute approximate surface area is 200 Å². The molecule has 1 aliphatic rings. The smallest absolute Gasteiger partial charge is 0.280 e. The van der Waals surface area contributed by atoms with E-state index < -0.39 is 0 Å². The highest BCUT2D eigenvalue weighted by Crippen LogP contribution is 2.28. The second kappa shape index (κ2) is 11.2. The summed E-state index contributed by atoms with van der Waals surface area (Å²) in [4.78, 5) is 31.5. The van der Waals surface area contributed by atoms with Gasteiger partial charge < -0.3 is 15.5 Å². The summed E-state index contributed by atoms with van der Waals surface area (Å²) in [6, 6.07) is 6.48. The van der Waals surface area contributed by atoms with Gasteiger partial charge in [0.15, 0.2) is 5.01 Å². The Morgan fingerprint density at radius 1 is 1.15 bits per heavy atom. The lowest BCUT2D eigenvalue weighted by Crippen LogP contribution is -2.41. The summed E-state index contributed by atoms with van der Waals surface area (Å²) in [6.45, 7) is 9.41. The van der Waals surface area contributed by atoms with Crippen molar-refractivity contribution < 1.29 is 9.59 Å². The lowest BCUT2D eigenvalue weighted by atomic mass is 9.90. The molecule has 2 amide bonds. The molecular weight excluding hydrogens is 432 g/mol. The molecule has 0 atom stereocenters. The Morgan fingerprint density at radius 2 is 1.88 bits per heavy atom. The molecule has 1 fully saturated rings. The first-order valence-electron chi connectivity index (χ1n) is 11.1. The van der Waals surface area contributed by atoms with Gasteiger partial charge in [0.1, 0.15) is 0 Å². The maximum absolute atomic E-state index is 12.8. The van der Waals surface area contributed by atoms with E-state index in [0.717, 1.165) is 42.4 Å². The number of rotatable bonds is 8. The van der Waals surface area contributed by atoms with Gasteiger partial charge in [0, 0.05) is 34.3 Å². The Morgan fingerprint density at radius 3 is 2.52 bits per heavy atom. The molecule has 0 spiro atoms. The fourth-order valence-corrected chi connectivity index (χ4v) is 4.78. The number of hydrogen-bond donors (Lipinski definition) is 2. The number of carbonyl (C=O) groups excluding carboxylic acids is 2. The molecule has 0 aliphatic heterocycles. The van der Waals surface area contributed by atoms with Crippen LogP contribution in [0.2, 0.25) is 0 Å². The van der Waals surface area contributed by atoms with Gasteiger partial charge in [-0.25, -0.2) is 4.98 Å². The van der Waals surface area contributed by atoms with Gasteiger partial charge in [0.05, 0.1) is 5.69 Å². The van der Waals surface area contributed by atoms with Gasteiger partial charge in [-0.3, -0.25) is 9.59 Å². The maximum Gasteiger partial charge on any atom is 0.280 e. The summed E-state index contributed by atoms with van der Waals surface area (Å²) in [5, 5.41) is 8.30. The fourth-order valence-electron chi connectivity index (χ4n) is 4.05. The minimum Gasteiger partial charge on any atom is -0.347 e. The zero-order chi connectivity index (χ0) is 24.0. The molecule has 1 aliphatic carbocycles. The first-order chi connectivity index (χ1) is 15.8. The van der Waals surface area contributed by atoms with Crippen LogP contribution in [0.5, 0.6) is 0 Å². The Bertz CT molecular complexity index is 1060. The molecule has 33 heavy (non-hydrogen) atoms. The van der Waals surface area contributed by atoms with Gasteiger partial charge in [-0.05, 0) is 70.5 Å². The molecule has 0 unspecified atom stereocenters. The molecule has 1 heterocycles. The Hall–Kier alpha value is -3.03. The number of aromatic nitrogens is 1. The van der Waals surface area contributed by atoms with Crippen LogP contribution in [0.25, 0.3) is 11.6 Å². The van der Waals surface area contributed by atoms with Crippen molar-refractivity contribution in [3.05, 3.63) is 70.7 Å². The number of nitrogens with zero attached hydrogens (tertiary/aromatic N) is 2. The van der Waals surface area contributed by atoms with Crippen LogP contribution in [-0.4, -0.2) is 47.9 Å². The summed E-state index contributed by atoms with van der Waals surface area (Å²) < 4.78 is 0. The van der Waals surface area contributed by atoms with Crippen molar-refractivity contribution in [3.8, 4) is 0 Å². The molecule has 2 N–H and O–H groups in total. The fraction of sp³-hybridized carbons (Fsp3) is 0.346.